The van der Waals surface area contributed by atoms with E-state index in [0.29, 0.717) is 18.3 Å². The lowest BCUT2D eigenvalue weighted by atomic mass is 10.2. The molecular formula is C17H12N8O. The van der Waals surface area contributed by atoms with Gasteiger partial charge in [-0.25, -0.2) is 9.67 Å². The van der Waals surface area contributed by atoms with Crippen LogP contribution in [-0.4, -0.2) is 39.9 Å². The molecule has 0 N–H and O–H groups in total. The van der Waals surface area contributed by atoms with Crippen molar-refractivity contribution in [3.8, 4) is 17.1 Å². The summed E-state index contributed by atoms with van der Waals surface area (Å²) in [4.78, 5) is 8.87. The molecule has 0 amide bonds. The second-order valence-electron chi connectivity index (χ2n) is 5.68. The predicted octanol–water partition coefficient (Wildman–Crippen LogP) is 2.11. The highest BCUT2D eigenvalue weighted by atomic mass is 16.5. The van der Waals surface area contributed by atoms with Crippen molar-refractivity contribution in [3.63, 3.8) is 0 Å². The summed E-state index contributed by atoms with van der Waals surface area (Å²) in [7, 11) is 0. The first kappa shape index (κ1) is 14.5. The molecule has 26 heavy (non-hydrogen) atoms. The van der Waals surface area contributed by atoms with Gasteiger partial charge in [0.1, 0.15) is 6.33 Å². The van der Waals surface area contributed by atoms with Crippen LogP contribution in [0.2, 0.25) is 0 Å². The predicted molar refractivity (Wildman–Crippen MR) is 91.3 cm³/mol. The molecule has 0 radical (unpaired) electrons. The van der Waals surface area contributed by atoms with Gasteiger partial charge in [-0.1, -0.05) is 23.4 Å². The van der Waals surface area contributed by atoms with E-state index in [0.717, 1.165) is 22.3 Å². The van der Waals surface area contributed by atoms with Gasteiger partial charge in [0.05, 0.1) is 29.6 Å². The summed E-state index contributed by atoms with van der Waals surface area (Å²) in [6.07, 6.45) is 3.31. The van der Waals surface area contributed by atoms with E-state index in [1.54, 1.807) is 11.0 Å². The molecule has 5 rings (SSSR count). The van der Waals surface area contributed by atoms with Crippen LogP contribution in [0, 0.1) is 0 Å². The maximum atomic E-state index is 5.43. The van der Waals surface area contributed by atoms with Crippen molar-refractivity contribution in [1.29, 1.82) is 0 Å². The Labute approximate surface area is 146 Å². The Morgan fingerprint density at radius 3 is 2.88 bits per heavy atom. The van der Waals surface area contributed by atoms with E-state index in [1.807, 2.05) is 53.1 Å². The third kappa shape index (κ3) is 2.51. The first-order valence-electron chi connectivity index (χ1n) is 7.93. The average Bonchev–Trinajstić information content (AvgIpc) is 3.44. The van der Waals surface area contributed by atoms with E-state index in [9.17, 15) is 0 Å². The molecule has 3 heterocycles. The number of imidazole rings is 1. The van der Waals surface area contributed by atoms with Crippen molar-refractivity contribution >= 4 is 11.0 Å². The molecule has 0 atom stereocenters. The lowest BCUT2D eigenvalue weighted by Crippen LogP contribution is -1.99. The molecular weight excluding hydrogens is 332 g/mol. The minimum absolute atomic E-state index is 0.444. The van der Waals surface area contributed by atoms with E-state index < -0.39 is 0 Å². The van der Waals surface area contributed by atoms with Gasteiger partial charge < -0.3 is 9.09 Å². The Morgan fingerprint density at radius 2 is 1.96 bits per heavy atom. The highest BCUT2D eigenvalue weighted by Crippen LogP contribution is 2.21. The SMILES string of the molecule is c1cc(-c2nc(Cn3cnc4ccccc43)no2)cc(-n2cnnn2)c1. The molecule has 126 valence electrons. The summed E-state index contributed by atoms with van der Waals surface area (Å²) in [5.74, 6) is 1.02. The van der Waals surface area contributed by atoms with Crippen LogP contribution in [0.5, 0.6) is 0 Å². The zero-order chi connectivity index (χ0) is 17.3. The Balaban J connectivity index is 1.44. The Hall–Kier alpha value is -3.88. The highest BCUT2D eigenvalue weighted by Gasteiger charge is 2.12. The fraction of sp³-hybridized carbons (Fsp3) is 0.0588. The van der Waals surface area contributed by atoms with Crippen molar-refractivity contribution in [1.82, 2.24) is 39.9 Å². The first-order chi connectivity index (χ1) is 12.9. The molecule has 0 aliphatic carbocycles. The number of para-hydroxylation sites is 2. The number of fused-ring (bicyclic) bond motifs is 1. The summed E-state index contributed by atoms with van der Waals surface area (Å²) in [6.45, 7) is 0.483. The number of hydrogen-bond acceptors (Lipinski definition) is 7. The van der Waals surface area contributed by atoms with Gasteiger partial charge in [0.25, 0.3) is 5.89 Å². The van der Waals surface area contributed by atoms with Gasteiger partial charge in [-0.15, -0.1) is 5.10 Å². The molecule has 0 spiro atoms. The summed E-state index contributed by atoms with van der Waals surface area (Å²) in [5, 5.41) is 15.3. The number of nitrogens with zero attached hydrogens (tertiary/aromatic N) is 8. The second kappa shape index (κ2) is 5.88. The van der Waals surface area contributed by atoms with Crippen LogP contribution in [0.25, 0.3) is 28.2 Å². The zero-order valence-electron chi connectivity index (χ0n) is 13.5. The molecule has 2 aromatic carbocycles. The van der Waals surface area contributed by atoms with Gasteiger partial charge in [0.2, 0.25) is 0 Å². The molecule has 0 saturated heterocycles. The maximum Gasteiger partial charge on any atom is 0.258 e. The van der Waals surface area contributed by atoms with Gasteiger partial charge in [0.15, 0.2) is 5.82 Å². The van der Waals surface area contributed by atoms with Crippen LogP contribution in [0.15, 0.2) is 65.7 Å². The fourth-order valence-corrected chi connectivity index (χ4v) is 2.79. The minimum Gasteiger partial charge on any atom is -0.334 e. The topological polar surface area (TPSA) is 100 Å². The van der Waals surface area contributed by atoms with E-state index in [4.69, 9.17) is 4.52 Å². The molecule has 0 saturated carbocycles. The third-order valence-corrected chi connectivity index (χ3v) is 4.01. The lowest BCUT2D eigenvalue weighted by molar-refractivity contribution is 0.421. The Morgan fingerprint density at radius 1 is 1.00 bits per heavy atom. The van der Waals surface area contributed by atoms with Gasteiger partial charge in [-0.3, -0.25) is 0 Å². The van der Waals surface area contributed by atoms with Crippen LogP contribution in [0.3, 0.4) is 0 Å². The smallest absolute Gasteiger partial charge is 0.258 e. The van der Waals surface area contributed by atoms with E-state index in [2.05, 4.69) is 30.7 Å². The average molecular weight is 344 g/mol. The number of aromatic nitrogens is 8. The number of rotatable bonds is 4. The van der Waals surface area contributed by atoms with Crippen LogP contribution < -0.4 is 0 Å². The lowest BCUT2D eigenvalue weighted by Gasteiger charge is -2.00. The summed E-state index contributed by atoms with van der Waals surface area (Å²) >= 11 is 0. The molecule has 9 heteroatoms. The number of hydrogen-bond donors (Lipinski definition) is 0. The molecule has 9 nitrogen and oxygen atoms in total. The fourth-order valence-electron chi connectivity index (χ4n) is 2.79. The molecule has 0 bridgehead atoms. The summed E-state index contributed by atoms with van der Waals surface area (Å²) in [5.41, 5.74) is 3.57. The second-order valence-corrected chi connectivity index (χ2v) is 5.68. The first-order valence-corrected chi connectivity index (χ1v) is 7.93. The van der Waals surface area contributed by atoms with Crippen molar-refractivity contribution < 1.29 is 4.52 Å². The van der Waals surface area contributed by atoms with E-state index >= 15 is 0 Å². The van der Waals surface area contributed by atoms with Crippen molar-refractivity contribution in [2.45, 2.75) is 6.54 Å². The van der Waals surface area contributed by atoms with Crippen molar-refractivity contribution in [2.75, 3.05) is 0 Å². The molecule has 0 fully saturated rings. The summed E-state index contributed by atoms with van der Waals surface area (Å²) < 4.78 is 8.98. The highest BCUT2D eigenvalue weighted by molar-refractivity contribution is 5.75. The minimum atomic E-state index is 0.444. The number of tetrazole rings is 1. The standard InChI is InChI=1S/C17H12N8O/c1-2-7-15-14(6-1)18-10-24(15)9-16-20-17(26-21-16)12-4-3-5-13(8-12)25-11-19-22-23-25/h1-8,10-11H,9H2. The van der Waals surface area contributed by atoms with Crippen LogP contribution in [-0.2, 0) is 6.54 Å². The van der Waals surface area contributed by atoms with Gasteiger partial charge >= 0.3 is 0 Å². The quantitative estimate of drug-likeness (QED) is 0.492. The molecule has 0 aliphatic rings. The largest absolute Gasteiger partial charge is 0.334 e. The maximum absolute atomic E-state index is 5.43. The Bertz CT molecular complexity index is 1170. The van der Waals surface area contributed by atoms with Crippen molar-refractivity contribution in [2.24, 2.45) is 0 Å². The van der Waals surface area contributed by atoms with Gasteiger partial charge in [-0.05, 0) is 40.8 Å². The summed E-state index contributed by atoms with van der Waals surface area (Å²) in [6, 6.07) is 15.5. The van der Waals surface area contributed by atoms with E-state index in [-0.39, 0.29) is 0 Å². The van der Waals surface area contributed by atoms with Crippen LogP contribution in [0.4, 0.5) is 0 Å². The number of benzene rings is 2. The van der Waals surface area contributed by atoms with Crippen molar-refractivity contribution in [3.05, 3.63) is 67.0 Å². The molecule has 0 aliphatic heterocycles. The van der Waals surface area contributed by atoms with E-state index in [1.165, 1.54) is 6.33 Å². The zero-order valence-corrected chi connectivity index (χ0v) is 13.5. The molecule has 3 aromatic heterocycles. The van der Waals surface area contributed by atoms with Crippen LogP contribution >= 0.6 is 0 Å². The third-order valence-electron chi connectivity index (χ3n) is 4.01. The normalized spacial score (nSPS) is 11.2. The van der Waals surface area contributed by atoms with Crippen LogP contribution in [0.1, 0.15) is 5.82 Å². The molecule has 5 aromatic rings. The van der Waals surface area contributed by atoms with Gasteiger partial charge in [-0.2, -0.15) is 4.98 Å². The Kier molecular flexibility index (Phi) is 3.27. The molecule has 0 unspecified atom stereocenters. The monoisotopic (exact) mass is 344 g/mol. The van der Waals surface area contributed by atoms with Gasteiger partial charge in [0, 0.05) is 5.56 Å².